The van der Waals surface area contributed by atoms with Gasteiger partial charge in [0.2, 0.25) is 0 Å². The summed E-state index contributed by atoms with van der Waals surface area (Å²) in [4.78, 5) is 10.8. The zero-order valence-electron chi connectivity index (χ0n) is 8.86. The summed E-state index contributed by atoms with van der Waals surface area (Å²) in [6, 6.07) is -0.765. The van der Waals surface area contributed by atoms with E-state index in [1.807, 2.05) is 13.8 Å². The molecule has 1 aliphatic carbocycles. The highest BCUT2D eigenvalue weighted by atomic mass is 16.4. The van der Waals surface area contributed by atoms with E-state index in [0.717, 1.165) is 19.3 Å². The van der Waals surface area contributed by atoms with Crippen molar-refractivity contribution in [3.63, 3.8) is 0 Å². The Morgan fingerprint density at radius 3 is 2.64 bits per heavy atom. The standard InChI is InChI=1S/C11H19NO2/c1-11(2,9(12)10(13)14)8-6-4-3-5-7-8/h3-4,8-9H,5-7,12H2,1-2H3,(H,13,14). The number of nitrogens with two attached hydrogens (primary N) is 1. The fraction of sp³-hybridized carbons (Fsp3) is 0.727. The third-order valence-corrected chi connectivity index (χ3v) is 3.39. The minimum Gasteiger partial charge on any atom is -0.480 e. The van der Waals surface area contributed by atoms with E-state index in [2.05, 4.69) is 12.2 Å². The molecule has 1 aliphatic rings. The zero-order chi connectivity index (χ0) is 10.8. The summed E-state index contributed by atoms with van der Waals surface area (Å²) in [5.74, 6) is -0.511. The molecule has 0 aliphatic heterocycles. The average molecular weight is 197 g/mol. The molecule has 0 saturated carbocycles. The lowest BCUT2D eigenvalue weighted by Crippen LogP contribution is -2.48. The van der Waals surface area contributed by atoms with Crippen LogP contribution < -0.4 is 5.73 Å². The Labute approximate surface area is 85.0 Å². The van der Waals surface area contributed by atoms with Gasteiger partial charge in [-0.05, 0) is 30.6 Å². The normalized spacial score (nSPS) is 24.6. The molecule has 0 heterocycles. The maximum atomic E-state index is 10.8. The Bertz CT molecular complexity index is 246. The third-order valence-electron chi connectivity index (χ3n) is 3.39. The highest BCUT2D eigenvalue weighted by molar-refractivity contribution is 5.74. The molecule has 0 aromatic rings. The van der Waals surface area contributed by atoms with E-state index in [-0.39, 0.29) is 5.41 Å². The van der Waals surface area contributed by atoms with E-state index in [1.165, 1.54) is 0 Å². The summed E-state index contributed by atoms with van der Waals surface area (Å²) in [6.45, 7) is 3.91. The van der Waals surface area contributed by atoms with Gasteiger partial charge in [-0.1, -0.05) is 26.0 Å². The maximum absolute atomic E-state index is 10.8. The van der Waals surface area contributed by atoms with E-state index in [9.17, 15) is 4.79 Å². The lowest BCUT2D eigenvalue weighted by atomic mass is 9.68. The molecule has 0 aromatic carbocycles. The van der Waals surface area contributed by atoms with Crippen LogP contribution in [-0.2, 0) is 4.79 Å². The smallest absolute Gasteiger partial charge is 0.321 e. The number of carbonyl (C=O) groups is 1. The van der Waals surface area contributed by atoms with Crippen molar-refractivity contribution in [2.24, 2.45) is 17.1 Å². The second-order valence-corrected chi connectivity index (χ2v) is 4.62. The van der Waals surface area contributed by atoms with Crippen molar-refractivity contribution >= 4 is 5.97 Å². The van der Waals surface area contributed by atoms with E-state index in [0.29, 0.717) is 5.92 Å². The summed E-state index contributed by atoms with van der Waals surface area (Å²) < 4.78 is 0. The minimum absolute atomic E-state index is 0.323. The van der Waals surface area contributed by atoms with E-state index >= 15 is 0 Å². The van der Waals surface area contributed by atoms with Crippen LogP contribution in [0.1, 0.15) is 33.1 Å². The number of hydrogen-bond acceptors (Lipinski definition) is 2. The molecule has 2 unspecified atom stereocenters. The lowest BCUT2D eigenvalue weighted by Gasteiger charge is -2.38. The topological polar surface area (TPSA) is 63.3 Å². The predicted molar refractivity (Wildman–Crippen MR) is 55.9 cm³/mol. The molecule has 3 N–H and O–H groups in total. The zero-order valence-corrected chi connectivity index (χ0v) is 8.86. The van der Waals surface area contributed by atoms with Crippen molar-refractivity contribution in [3.05, 3.63) is 12.2 Å². The van der Waals surface area contributed by atoms with Crippen LogP contribution in [0.15, 0.2) is 12.2 Å². The Kier molecular flexibility index (Phi) is 3.32. The van der Waals surface area contributed by atoms with Gasteiger partial charge in [0.1, 0.15) is 6.04 Å². The molecular formula is C11H19NO2. The van der Waals surface area contributed by atoms with Crippen molar-refractivity contribution < 1.29 is 9.90 Å². The van der Waals surface area contributed by atoms with Gasteiger partial charge in [-0.2, -0.15) is 0 Å². The van der Waals surface area contributed by atoms with Crippen LogP contribution in [0.3, 0.4) is 0 Å². The van der Waals surface area contributed by atoms with Crippen LogP contribution in [-0.4, -0.2) is 17.1 Å². The molecule has 3 heteroatoms. The van der Waals surface area contributed by atoms with Gasteiger partial charge in [0.15, 0.2) is 0 Å². The second kappa shape index (κ2) is 4.13. The molecule has 0 saturated heterocycles. The third kappa shape index (κ3) is 2.15. The minimum atomic E-state index is -0.899. The van der Waals surface area contributed by atoms with Crippen molar-refractivity contribution in [1.82, 2.24) is 0 Å². The Hall–Kier alpha value is -0.830. The van der Waals surface area contributed by atoms with Gasteiger partial charge in [0.25, 0.3) is 0 Å². The number of hydrogen-bond donors (Lipinski definition) is 2. The molecule has 0 bridgehead atoms. The fourth-order valence-electron chi connectivity index (χ4n) is 2.04. The van der Waals surface area contributed by atoms with E-state index in [1.54, 1.807) is 0 Å². The largest absolute Gasteiger partial charge is 0.480 e. The van der Waals surface area contributed by atoms with Crippen LogP contribution in [0.5, 0.6) is 0 Å². The maximum Gasteiger partial charge on any atom is 0.321 e. The number of carboxylic acids is 1. The van der Waals surface area contributed by atoms with Crippen LogP contribution >= 0.6 is 0 Å². The van der Waals surface area contributed by atoms with Gasteiger partial charge >= 0.3 is 5.97 Å². The summed E-state index contributed by atoms with van der Waals surface area (Å²) >= 11 is 0. The van der Waals surface area contributed by atoms with E-state index < -0.39 is 12.0 Å². The lowest BCUT2D eigenvalue weighted by molar-refractivity contribution is -0.142. The SMILES string of the molecule is CC(C)(C1CC=CCC1)C(N)C(=O)O. The molecular weight excluding hydrogens is 178 g/mol. The first-order chi connectivity index (χ1) is 6.46. The van der Waals surface area contributed by atoms with Gasteiger partial charge in [0.05, 0.1) is 0 Å². The molecule has 0 fully saturated rings. The summed E-state index contributed by atoms with van der Waals surface area (Å²) in [7, 11) is 0. The van der Waals surface area contributed by atoms with Crippen LogP contribution in [0, 0.1) is 11.3 Å². The number of aliphatic carboxylic acids is 1. The average Bonchev–Trinajstić information content (AvgIpc) is 2.18. The van der Waals surface area contributed by atoms with Crippen LogP contribution in [0.25, 0.3) is 0 Å². The van der Waals surface area contributed by atoms with Crippen LogP contribution in [0.4, 0.5) is 0 Å². The Balaban J connectivity index is 2.72. The van der Waals surface area contributed by atoms with Gasteiger partial charge in [-0.25, -0.2) is 0 Å². The molecule has 0 aromatic heterocycles. The second-order valence-electron chi connectivity index (χ2n) is 4.62. The van der Waals surface area contributed by atoms with Crippen molar-refractivity contribution in [2.75, 3.05) is 0 Å². The van der Waals surface area contributed by atoms with Gasteiger partial charge < -0.3 is 10.8 Å². The number of allylic oxidation sites excluding steroid dienone is 2. The predicted octanol–water partition coefficient (Wildman–Crippen LogP) is 1.78. The summed E-state index contributed by atoms with van der Waals surface area (Å²) in [5.41, 5.74) is 5.38. The Morgan fingerprint density at radius 2 is 2.21 bits per heavy atom. The van der Waals surface area contributed by atoms with Crippen LogP contribution in [0.2, 0.25) is 0 Å². The molecule has 80 valence electrons. The van der Waals surface area contributed by atoms with E-state index in [4.69, 9.17) is 10.8 Å². The van der Waals surface area contributed by atoms with Crippen molar-refractivity contribution in [3.8, 4) is 0 Å². The molecule has 1 rings (SSSR count). The molecule has 0 radical (unpaired) electrons. The molecule has 0 amide bonds. The monoisotopic (exact) mass is 197 g/mol. The highest BCUT2D eigenvalue weighted by Gasteiger charge is 2.38. The summed E-state index contributed by atoms with van der Waals surface area (Å²) in [6.07, 6.45) is 7.32. The summed E-state index contributed by atoms with van der Waals surface area (Å²) in [5, 5.41) is 8.91. The molecule has 14 heavy (non-hydrogen) atoms. The molecule has 0 spiro atoms. The quantitative estimate of drug-likeness (QED) is 0.678. The first-order valence-electron chi connectivity index (χ1n) is 5.09. The first kappa shape index (κ1) is 11.2. The van der Waals surface area contributed by atoms with Crippen molar-refractivity contribution in [2.45, 2.75) is 39.2 Å². The Morgan fingerprint density at radius 1 is 1.57 bits per heavy atom. The van der Waals surface area contributed by atoms with Gasteiger partial charge in [-0.15, -0.1) is 0 Å². The first-order valence-corrected chi connectivity index (χ1v) is 5.09. The molecule has 2 atom stereocenters. The number of carboxylic acid groups (broad SMARTS) is 1. The highest BCUT2D eigenvalue weighted by Crippen LogP contribution is 2.37. The van der Waals surface area contributed by atoms with Gasteiger partial charge in [0, 0.05) is 0 Å². The fourth-order valence-corrected chi connectivity index (χ4v) is 2.04. The van der Waals surface area contributed by atoms with Gasteiger partial charge in [-0.3, -0.25) is 4.79 Å². The number of rotatable bonds is 3. The van der Waals surface area contributed by atoms with Crippen molar-refractivity contribution in [1.29, 1.82) is 0 Å². The molecule has 3 nitrogen and oxygen atoms in total.